The van der Waals surface area contributed by atoms with E-state index in [-0.39, 0.29) is 5.91 Å². The van der Waals surface area contributed by atoms with E-state index in [0.29, 0.717) is 45.9 Å². The van der Waals surface area contributed by atoms with Gasteiger partial charge in [0, 0.05) is 53.6 Å². The summed E-state index contributed by atoms with van der Waals surface area (Å²) in [7, 11) is 0. The lowest BCUT2D eigenvalue weighted by Crippen LogP contribution is -2.41. The maximum absolute atomic E-state index is 13.0. The van der Waals surface area contributed by atoms with Gasteiger partial charge in [-0.3, -0.25) is 9.78 Å². The SMILES string of the molecule is O=C(Cc1cn(Cc2ccncc2)c2ccc(OCc3ccc(Br)cc3)cc12)N1CCOCC1. The molecule has 3 heterocycles. The molecule has 0 unspecified atom stereocenters. The minimum Gasteiger partial charge on any atom is -0.489 e. The molecule has 0 spiro atoms. The number of rotatable bonds is 7. The minimum absolute atomic E-state index is 0.132. The normalized spacial score (nSPS) is 13.9. The number of pyridine rings is 1. The van der Waals surface area contributed by atoms with Crippen LogP contribution in [-0.2, 0) is 29.1 Å². The molecule has 0 bridgehead atoms. The van der Waals surface area contributed by atoms with Gasteiger partial charge in [-0.05, 0) is 59.2 Å². The predicted octanol–water partition coefficient (Wildman–Crippen LogP) is 4.83. The molecule has 0 aliphatic carbocycles. The van der Waals surface area contributed by atoms with Gasteiger partial charge in [0.25, 0.3) is 0 Å². The number of benzene rings is 2. The Morgan fingerprint density at radius 2 is 1.76 bits per heavy atom. The molecule has 0 saturated carbocycles. The fourth-order valence-electron chi connectivity index (χ4n) is 4.23. The number of halogens is 1. The van der Waals surface area contributed by atoms with Gasteiger partial charge in [-0.1, -0.05) is 28.1 Å². The van der Waals surface area contributed by atoms with Crippen molar-refractivity contribution >= 4 is 32.7 Å². The van der Waals surface area contributed by atoms with Crippen LogP contribution in [0.1, 0.15) is 16.7 Å². The van der Waals surface area contributed by atoms with Crippen molar-refractivity contribution in [2.75, 3.05) is 26.3 Å². The molecule has 174 valence electrons. The molecule has 1 aliphatic heterocycles. The summed E-state index contributed by atoms with van der Waals surface area (Å²) in [5.74, 6) is 0.921. The highest BCUT2D eigenvalue weighted by Gasteiger charge is 2.20. The molecule has 4 aromatic rings. The number of morpholine rings is 1. The Morgan fingerprint density at radius 3 is 2.53 bits per heavy atom. The van der Waals surface area contributed by atoms with Crippen molar-refractivity contribution < 1.29 is 14.3 Å². The molecular formula is C27H26BrN3O3. The van der Waals surface area contributed by atoms with Crippen molar-refractivity contribution in [3.05, 3.63) is 94.4 Å². The van der Waals surface area contributed by atoms with Crippen LogP contribution in [0.15, 0.2) is 77.7 Å². The molecule has 0 N–H and O–H groups in total. The monoisotopic (exact) mass is 519 g/mol. The van der Waals surface area contributed by atoms with Crippen molar-refractivity contribution in [3.8, 4) is 5.75 Å². The highest BCUT2D eigenvalue weighted by Crippen LogP contribution is 2.28. The van der Waals surface area contributed by atoms with Crippen LogP contribution in [0.5, 0.6) is 5.75 Å². The van der Waals surface area contributed by atoms with E-state index in [0.717, 1.165) is 37.8 Å². The van der Waals surface area contributed by atoms with Gasteiger partial charge < -0.3 is 18.9 Å². The van der Waals surface area contributed by atoms with Crippen molar-refractivity contribution in [2.45, 2.75) is 19.6 Å². The second-order valence-corrected chi connectivity index (χ2v) is 9.32. The van der Waals surface area contributed by atoms with E-state index in [9.17, 15) is 4.79 Å². The highest BCUT2D eigenvalue weighted by atomic mass is 79.9. The van der Waals surface area contributed by atoms with Gasteiger partial charge in [-0.25, -0.2) is 0 Å². The Morgan fingerprint density at radius 1 is 1.00 bits per heavy atom. The first-order valence-corrected chi connectivity index (χ1v) is 12.2. The topological polar surface area (TPSA) is 56.6 Å². The number of carbonyl (C=O) groups is 1. The van der Waals surface area contributed by atoms with E-state index in [1.165, 1.54) is 0 Å². The molecule has 1 aliphatic rings. The van der Waals surface area contributed by atoms with Crippen LogP contribution in [0.4, 0.5) is 0 Å². The quantitative estimate of drug-likeness (QED) is 0.351. The van der Waals surface area contributed by atoms with Crippen molar-refractivity contribution in [2.24, 2.45) is 0 Å². The van der Waals surface area contributed by atoms with Crippen LogP contribution < -0.4 is 4.74 Å². The number of ether oxygens (including phenoxy) is 2. The van der Waals surface area contributed by atoms with E-state index in [1.54, 1.807) is 12.4 Å². The standard InChI is InChI=1S/C27H26BrN3O3/c28-23-3-1-21(2-4-23)19-34-24-5-6-26-25(16-24)22(15-27(32)30-11-13-33-14-12-30)18-31(26)17-20-7-9-29-10-8-20/h1-10,16,18H,11-15,17,19H2. The van der Waals surface area contributed by atoms with E-state index in [1.807, 2.05) is 47.4 Å². The Balaban J connectivity index is 1.42. The summed E-state index contributed by atoms with van der Waals surface area (Å²) in [6.07, 6.45) is 6.06. The third-order valence-electron chi connectivity index (χ3n) is 6.06. The second-order valence-electron chi connectivity index (χ2n) is 8.40. The first-order valence-electron chi connectivity index (χ1n) is 11.4. The number of nitrogens with zero attached hydrogens (tertiary/aromatic N) is 3. The third kappa shape index (κ3) is 5.32. The molecule has 6 nitrogen and oxygen atoms in total. The van der Waals surface area contributed by atoms with Gasteiger partial charge >= 0.3 is 0 Å². The maximum atomic E-state index is 13.0. The summed E-state index contributed by atoms with van der Waals surface area (Å²) in [6, 6.07) is 18.3. The smallest absolute Gasteiger partial charge is 0.227 e. The summed E-state index contributed by atoms with van der Waals surface area (Å²) in [6.45, 7) is 3.70. The fourth-order valence-corrected chi connectivity index (χ4v) is 4.50. The molecule has 2 aromatic carbocycles. The van der Waals surface area contributed by atoms with Crippen molar-refractivity contribution in [1.29, 1.82) is 0 Å². The van der Waals surface area contributed by atoms with Crippen LogP contribution in [0, 0.1) is 0 Å². The van der Waals surface area contributed by atoms with Gasteiger partial charge in [0.15, 0.2) is 0 Å². The lowest BCUT2D eigenvalue weighted by atomic mass is 10.1. The van der Waals surface area contributed by atoms with Crippen molar-refractivity contribution in [1.82, 2.24) is 14.5 Å². The lowest BCUT2D eigenvalue weighted by Gasteiger charge is -2.26. The summed E-state index contributed by atoms with van der Waals surface area (Å²) in [4.78, 5) is 19.0. The first-order chi connectivity index (χ1) is 16.7. The lowest BCUT2D eigenvalue weighted by molar-refractivity contribution is -0.134. The molecule has 2 aromatic heterocycles. The number of aromatic nitrogens is 2. The Labute approximate surface area is 207 Å². The van der Waals surface area contributed by atoms with Crippen LogP contribution in [0.3, 0.4) is 0 Å². The average Bonchev–Trinajstić information content (AvgIpc) is 3.21. The van der Waals surface area contributed by atoms with Gasteiger partial charge in [0.05, 0.1) is 19.6 Å². The molecule has 0 atom stereocenters. The highest BCUT2D eigenvalue weighted by molar-refractivity contribution is 9.10. The molecule has 0 radical (unpaired) electrons. The Bertz CT molecular complexity index is 1270. The minimum atomic E-state index is 0.132. The molecule has 7 heteroatoms. The van der Waals surface area contributed by atoms with Gasteiger partial charge in [-0.15, -0.1) is 0 Å². The number of hydrogen-bond donors (Lipinski definition) is 0. The summed E-state index contributed by atoms with van der Waals surface area (Å²) >= 11 is 3.47. The molecule has 5 rings (SSSR count). The number of fused-ring (bicyclic) bond motifs is 1. The molecule has 1 fully saturated rings. The molecular weight excluding hydrogens is 494 g/mol. The van der Waals surface area contributed by atoms with Crippen LogP contribution in [0.2, 0.25) is 0 Å². The fraction of sp³-hybridized carbons (Fsp3) is 0.259. The number of hydrogen-bond acceptors (Lipinski definition) is 4. The average molecular weight is 520 g/mol. The van der Waals surface area contributed by atoms with Gasteiger partial charge in [-0.2, -0.15) is 0 Å². The third-order valence-corrected chi connectivity index (χ3v) is 6.59. The summed E-state index contributed by atoms with van der Waals surface area (Å²) < 4.78 is 14.7. The van der Waals surface area contributed by atoms with Gasteiger partial charge in [0.2, 0.25) is 5.91 Å². The zero-order chi connectivity index (χ0) is 23.3. The van der Waals surface area contributed by atoms with Crippen molar-refractivity contribution in [3.63, 3.8) is 0 Å². The Kier molecular flexibility index (Phi) is 6.92. The van der Waals surface area contributed by atoms with Gasteiger partial charge in [0.1, 0.15) is 12.4 Å². The van der Waals surface area contributed by atoms with Crippen LogP contribution in [-0.4, -0.2) is 46.7 Å². The zero-order valence-corrected chi connectivity index (χ0v) is 20.4. The molecule has 34 heavy (non-hydrogen) atoms. The van der Waals surface area contributed by atoms with Crippen LogP contribution in [0.25, 0.3) is 10.9 Å². The zero-order valence-electron chi connectivity index (χ0n) is 18.8. The summed E-state index contributed by atoms with van der Waals surface area (Å²) in [5.41, 5.74) is 4.35. The molecule has 1 amide bonds. The Hall–Kier alpha value is -3.16. The largest absolute Gasteiger partial charge is 0.489 e. The van der Waals surface area contributed by atoms with E-state index in [4.69, 9.17) is 9.47 Å². The second kappa shape index (κ2) is 10.4. The molecule has 1 saturated heterocycles. The van der Waals surface area contributed by atoms with E-state index >= 15 is 0 Å². The van der Waals surface area contributed by atoms with Crippen LogP contribution >= 0.6 is 15.9 Å². The maximum Gasteiger partial charge on any atom is 0.227 e. The summed E-state index contributed by atoms with van der Waals surface area (Å²) in [5, 5.41) is 1.05. The first kappa shape index (κ1) is 22.6. The van der Waals surface area contributed by atoms with E-state index in [2.05, 4.69) is 43.8 Å². The number of amides is 1. The predicted molar refractivity (Wildman–Crippen MR) is 135 cm³/mol. The number of carbonyl (C=O) groups excluding carboxylic acids is 1. The van der Waals surface area contributed by atoms with E-state index < -0.39 is 0 Å².